The maximum atomic E-state index is 12.4. The molecule has 2 rings (SSSR count). The average Bonchev–Trinajstić information content (AvgIpc) is 2.94. The Labute approximate surface area is 128 Å². The van der Waals surface area contributed by atoms with Crippen LogP contribution < -0.4 is 5.32 Å². The number of carbonyl (C=O) groups excluding carboxylic acids is 1. The summed E-state index contributed by atoms with van der Waals surface area (Å²) in [5.74, 6) is -0.349. The van der Waals surface area contributed by atoms with Gasteiger partial charge in [-0.1, -0.05) is 23.0 Å². The van der Waals surface area contributed by atoms with Crippen molar-refractivity contribution in [3.63, 3.8) is 0 Å². The van der Waals surface area contributed by atoms with E-state index in [4.69, 9.17) is 11.6 Å². The first-order chi connectivity index (χ1) is 9.63. The third-order valence-corrected chi connectivity index (χ3v) is 5.09. The van der Waals surface area contributed by atoms with Crippen LogP contribution >= 0.6 is 23.1 Å². The van der Waals surface area contributed by atoms with E-state index >= 15 is 0 Å². The first-order valence-corrected chi connectivity index (χ1v) is 8.21. The smallest absolute Gasteiger partial charge is 0.274 e. The molecule has 5 nitrogen and oxygen atoms in total. The Morgan fingerprint density at radius 3 is 2.75 bits per heavy atom. The van der Waals surface area contributed by atoms with Crippen molar-refractivity contribution in [2.75, 3.05) is 6.54 Å². The Morgan fingerprint density at radius 2 is 2.10 bits per heavy atom. The Morgan fingerprint density at radius 1 is 1.40 bits per heavy atom. The Kier molecular flexibility index (Phi) is 5.22. The molecule has 106 valence electrons. The van der Waals surface area contributed by atoms with E-state index in [1.807, 2.05) is 6.92 Å². The number of rotatable bonds is 5. The zero-order chi connectivity index (χ0) is 14.5. The molecule has 0 fully saturated rings. The van der Waals surface area contributed by atoms with Crippen molar-refractivity contribution in [1.82, 2.24) is 14.9 Å². The number of nitrogens with one attached hydrogen (secondary N) is 1. The zero-order valence-electron chi connectivity index (χ0n) is 10.6. The molecule has 0 aliphatic rings. The maximum Gasteiger partial charge on any atom is 0.274 e. The topological polar surface area (TPSA) is 72.0 Å². The summed E-state index contributed by atoms with van der Waals surface area (Å²) in [6.07, 6.45) is 0.818. The molecule has 1 atom stereocenters. The van der Waals surface area contributed by atoms with Gasteiger partial charge in [0.15, 0.2) is 9.90 Å². The van der Waals surface area contributed by atoms with Crippen LogP contribution in [0.3, 0.4) is 0 Å². The van der Waals surface area contributed by atoms with E-state index in [9.17, 15) is 9.00 Å². The molecule has 0 bridgehead atoms. The van der Waals surface area contributed by atoms with Crippen molar-refractivity contribution in [3.8, 4) is 0 Å². The lowest BCUT2D eigenvalue weighted by Crippen LogP contribution is -2.25. The quantitative estimate of drug-likeness (QED) is 0.914. The molecule has 0 saturated heterocycles. The van der Waals surface area contributed by atoms with Gasteiger partial charge in [0.05, 0.1) is 10.8 Å². The molecule has 1 aromatic heterocycles. The van der Waals surface area contributed by atoms with Gasteiger partial charge < -0.3 is 5.32 Å². The number of amides is 1. The predicted molar refractivity (Wildman–Crippen MR) is 78.7 cm³/mol. The lowest BCUT2D eigenvalue weighted by atomic mass is 10.4. The molecule has 1 N–H and O–H groups in total. The monoisotopic (exact) mass is 329 g/mol. The lowest BCUT2D eigenvalue weighted by Gasteiger charge is -2.03. The van der Waals surface area contributed by atoms with E-state index in [2.05, 4.69) is 14.9 Å². The lowest BCUT2D eigenvalue weighted by molar-refractivity contribution is 0.0945. The van der Waals surface area contributed by atoms with Crippen LogP contribution in [0, 0.1) is 0 Å². The number of benzene rings is 1. The fraction of sp³-hybridized carbons (Fsp3) is 0.250. The van der Waals surface area contributed by atoms with Crippen molar-refractivity contribution in [2.45, 2.75) is 22.4 Å². The minimum atomic E-state index is -1.49. The maximum absolute atomic E-state index is 12.4. The molecular formula is C12H12ClN3O2S2. The fourth-order valence-corrected chi connectivity index (χ4v) is 3.54. The van der Waals surface area contributed by atoms with Gasteiger partial charge in [0.25, 0.3) is 5.91 Å². The molecule has 0 aliphatic heterocycles. The van der Waals surface area contributed by atoms with Crippen LogP contribution in [-0.4, -0.2) is 26.2 Å². The summed E-state index contributed by atoms with van der Waals surface area (Å²) >= 11 is 6.76. The Bertz CT molecular complexity index is 628. The minimum Gasteiger partial charge on any atom is -0.351 e. The largest absolute Gasteiger partial charge is 0.351 e. The summed E-state index contributed by atoms with van der Waals surface area (Å²) in [6, 6.07) is 6.62. The number of carbonyl (C=O) groups is 1. The first kappa shape index (κ1) is 15.1. The van der Waals surface area contributed by atoms with Crippen LogP contribution in [-0.2, 0) is 10.8 Å². The second-order valence-corrected chi connectivity index (χ2v) is 6.75. The zero-order valence-corrected chi connectivity index (χ0v) is 13.0. The van der Waals surface area contributed by atoms with Gasteiger partial charge in [0, 0.05) is 16.5 Å². The van der Waals surface area contributed by atoms with Crippen molar-refractivity contribution in [3.05, 3.63) is 35.0 Å². The van der Waals surface area contributed by atoms with Crippen molar-refractivity contribution < 1.29 is 9.00 Å². The fourth-order valence-electron chi connectivity index (χ4n) is 1.43. The molecule has 1 aromatic carbocycles. The summed E-state index contributed by atoms with van der Waals surface area (Å²) in [7, 11) is -1.49. The van der Waals surface area contributed by atoms with Crippen LogP contribution in [0.15, 0.2) is 33.4 Å². The predicted octanol–water partition coefficient (Wildman–Crippen LogP) is 2.50. The van der Waals surface area contributed by atoms with Crippen molar-refractivity contribution in [2.24, 2.45) is 0 Å². The highest BCUT2D eigenvalue weighted by Crippen LogP contribution is 2.23. The minimum absolute atomic E-state index is 0.122. The molecule has 0 spiro atoms. The van der Waals surface area contributed by atoms with Gasteiger partial charge in [0.2, 0.25) is 0 Å². The van der Waals surface area contributed by atoms with Gasteiger partial charge in [-0.2, -0.15) is 0 Å². The summed E-state index contributed by atoms with van der Waals surface area (Å²) in [5.41, 5.74) is 0.122. The average molecular weight is 330 g/mol. The molecule has 0 aliphatic carbocycles. The summed E-state index contributed by atoms with van der Waals surface area (Å²) in [6.45, 7) is 2.50. The van der Waals surface area contributed by atoms with E-state index in [0.717, 1.165) is 18.0 Å². The molecule has 0 unspecified atom stereocenters. The van der Waals surface area contributed by atoms with Gasteiger partial charge >= 0.3 is 0 Å². The van der Waals surface area contributed by atoms with Gasteiger partial charge in [-0.15, -0.1) is 5.10 Å². The summed E-state index contributed by atoms with van der Waals surface area (Å²) in [4.78, 5) is 12.5. The SMILES string of the molecule is CCCNC(=O)c1nnsc1[S@@](=O)c1ccc(Cl)cc1. The second kappa shape index (κ2) is 6.92. The highest BCUT2D eigenvalue weighted by molar-refractivity contribution is 7.87. The van der Waals surface area contributed by atoms with Gasteiger partial charge in [-0.25, -0.2) is 4.21 Å². The Hall–Kier alpha value is -1.31. The highest BCUT2D eigenvalue weighted by atomic mass is 35.5. The third-order valence-electron chi connectivity index (χ3n) is 2.40. The van der Waals surface area contributed by atoms with Crippen molar-refractivity contribution >= 4 is 39.8 Å². The highest BCUT2D eigenvalue weighted by Gasteiger charge is 2.21. The normalized spacial score (nSPS) is 12.1. The molecular weight excluding hydrogens is 318 g/mol. The van der Waals surface area contributed by atoms with Crippen molar-refractivity contribution in [1.29, 1.82) is 0 Å². The van der Waals surface area contributed by atoms with E-state index in [-0.39, 0.29) is 11.6 Å². The van der Waals surface area contributed by atoms with Crippen LogP contribution in [0.5, 0.6) is 0 Å². The van der Waals surface area contributed by atoms with E-state index < -0.39 is 10.8 Å². The molecule has 8 heteroatoms. The number of nitrogens with zero attached hydrogens (tertiary/aromatic N) is 2. The number of halogens is 1. The summed E-state index contributed by atoms with van der Waals surface area (Å²) in [5, 5.41) is 7.03. The van der Waals surface area contributed by atoms with E-state index in [1.54, 1.807) is 24.3 Å². The third kappa shape index (κ3) is 3.41. The molecule has 2 aromatic rings. The van der Waals surface area contributed by atoms with Gasteiger partial charge in [-0.05, 0) is 42.2 Å². The van der Waals surface area contributed by atoms with Gasteiger partial charge in [-0.3, -0.25) is 4.79 Å². The van der Waals surface area contributed by atoms with Crippen LogP contribution in [0.2, 0.25) is 5.02 Å². The molecule has 0 saturated carbocycles. The number of aromatic nitrogens is 2. The Balaban J connectivity index is 2.25. The van der Waals surface area contributed by atoms with Gasteiger partial charge in [0.1, 0.15) is 0 Å². The number of hydrogen-bond acceptors (Lipinski definition) is 5. The molecule has 20 heavy (non-hydrogen) atoms. The number of hydrogen-bond donors (Lipinski definition) is 1. The molecule has 0 radical (unpaired) electrons. The second-order valence-electron chi connectivity index (χ2n) is 3.89. The molecule has 1 heterocycles. The molecule has 1 amide bonds. The van der Waals surface area contributed by atoms with E-state index in [1.165, 1.54) is 0 Å². The first-order valence-electron chi connectivity index (χ1n) is 5.91. The van der Waals surface area contributed by atoms with Crippen LogP contribution in [0.25, 0.3) is 0 Å². The van der Waals surface area contributed by atoms with E-state index in [0.29, 0.717) is 20.7 Å². The standard InChI is InChI=1S/C12H12ClN3O2S2/c1-2-7-14-11(17)10-12(19-16-15-10)20(18)9-5-3-8(13)4-6-9/h3-6H,2,7H2,1H3,(H,14,17)/t20-/m0/s1. The van der Waals surface area contributed by atoms with Crippen LogP contribution in [0.1, 0.15) is 23.8 Å². The summed E-state index contributed by atoms with van der Waals surface area (Å²) < 4.78 is 16.5. The van der Waals surface area contributed by atoms with Crippen LogP contribution in [0.4, 0.5) is 0 Å².